The number of hydrogen-bond acceptors (Lipinski definition) is 10. The first kappa shape index (κ1) is 34.6. The minimum atomic E-state index is -2.53. The van der Waals surface area contributed by atoms with Crippen molar-refractivity contribution < 1.29 is 78.9 Å². The fraction of sp³-hybridized carbons (Fsp3) is 0.393. The third kappa shape index (κ3) is 9.17. The Bertz CT molecular complexity index is 1170. The normalized spacial score (nSPS) is 23.4. The summed E-state index contributed by atoms with van der Waals surface area (Å²) in [5.41, 5.74) is 2.71. The van der Waals surface area contributed by atoms with Crippen molar-refractivity contribution in [3.63, 3.8) is 0 Å². The number of aliphatic carboxylic acids is 1. The Kier molecular flexibility index (Phi) is 13.6. The number of amides is 2. The van der Waals surface area contributed by atoms with Crippen LogP contribution in [0.2, 0.25) is 0 Å². The van der Waals surface area contributed by atoms with Crippen molar-refractivity contribution in [3.8, 4) is 11.1 Å². The van der Waals surface area contributed by atoms with Gasteiger partial charge in [-0.15, -0.1) is 6.58 Å². The fourth-order valence-corrected chi connectivity index (χ4v) is 4.38. The Balaban J connectivity index is 0.00000588. The predicted molar refractivity (Wildman–Crippen MR) is 139 cm³/mol. The van der Waals surface area contributed by atoms with E-state index in [4.69, 9.17) is 14.6 Å². The van der Waals surface area contributed by atoms with E-state index in [0.29, 0.717) is 5.56 Å². The number of ether oxygens (including phenoxy) is 2. The van der Waals surface area contributed by atoms with E-state index in [0.717, 1.165) is 11.1 Å². The van der Waals surface area contributed by atoms with E-state index in [-0.39, 0.29) is 42.6 Å². The molecule has 6 atom stereocenters. The Morgan fingerprint density at radius 3 is 2.32 bits per heavy atom. The van der Waals surface area contributed by atoms with Gasteiger partial charge in [0.1, 0.15) is 24.8 Å². The molecule has 2 aromatic carbocycles. The number of rotatable bonds is 13. The van der Waals surface area contributed by atoms with Gasteiger partial charge in [-0.25, -0.2) is 0 Å². The molecule has 2 aromatic rings. The third-order valence-corrected chi connectivity index (χ3v) is 6.45. The predicted octanol–water partition coefficient (Wildman–Crippen LogP) is -4.99. The summed E-state index contributed by atoms with van der Waals surface area (Å²) in [4.78, 5) is 36.2. The second kappa shape index (κ2) is 16.1. The van der Waals surface area contributed by atoms with Crippen molar-refractivity contribution in [2.45, 2.75) is 49.1 Å². The third-order valence-electron chi connectivity index (χ3n) is 6.45. The molecular weight excluding hydrogens is 547 g/mol. The zero-order valence-corrected chi connectivity index (χ0v) is 24.6. The number of benzene rings is 2. The Morgan fingerprint density at radius 2 is 1.73 bits per heavy atom. The van der Waals surface area contributed by atoms with E-state index in [1.54, 1.807) is 12.1 Å². The van der Waals surface area contributed by atoms with Crippen molar-refractivity contribution in [1.29, 1.82) is 0 Å². The van der Waals surface area contributed by atoms with Gasteiger partial charge in [0.25, 0.3) is 0 Å². The van der Waals surface area contributed by atoms with E-state index in [1.165, 1.54) is 6.08 Å². The zero-order chi connectivity index (χ0) is 29.3. The first-order chi connectivity index (χ1) is 19.1. The van der Waals surface area contributed by atoms with E-state index in [1.807, 2.05) is 42.5 Å². The number of aliphatic hydroxyl groups is 4. The zero-order valence-electron chi connectivity index (χ0n) is 22.6. The Hall–Kier alpha value is -2.65. The van der Waals surface area contributed by atoms with E-state index in [9.17, 15) is 34.8 Å². The molecule has 12 nitrogen and oxygen atoms in total. The molecule has 0 aromatic heterocycles. The molecule has 1 saturated heterocycles. The molecule has 1 fully saturated rings. The summed E-state index contributed by atoms with van der Waals surface area (Å²) < 4.78 is 10.7. The molecule has 13 heteroatoms. The van der Waals surface area contributed by atoms with Gasteiger partial charge in [0.2, 0.25) is 17.6 Å². The summed E-state index contributed by atoms with van der Waals surface area (Å²) in [6.45, 7) is 1.67. The number of carboxylic acid groups (broad SMARTS) is 1. The van der Waals surface area contributed by atoms with E-state index >= 15 is 0 Å². The van der Waals surface area contributed by atoms with Crippen LogP contribution < -0.4 is 45.3 Å². The number of carbonyl (C=O) groups excluding carboxylic acids is 3. The van der Waals surface area contributed by atoms with Crippen molar-refractivity contribution in [3.05, 3.63) is 72.8 Å². The Morgan fingerprint density at radius 1 is 1.10 bits per heavy atom. The van der Waals surface area contributed by atoms with Gasteiger partial charge in [0.05, 0.1) is 31.3 Å². The second-order valence-corrected chi connectivity index (χ2v) is 9.35. The van der Waals surface area contributed by atoms with Crippen molar-refractivity contribution in [2.75, 3.05) is 19.8 Å². The molecule has 1 heterocycles. The second-order valence-electron chi connectivity index (χ2n) is 9.35. The molecule has 41 heavy (non-hydrogen) atoms. The molecular formula is C28H33N2NaO10. The maximum absolute atomic E-state index is 12.5. The molecule has 0 radical (unpaired) electrons. The number of nitrogens with one attached hydrogen (secondary N) is 2. The van der Waals surface area contributed by atoms with Crippen LogP contribution in [0.15, 0.2) is 67.3 Å². The smallest absolute Gasteiger partial charge is 0.544 e. The SMILES string of the molecule is C=CCOC1(C(=O)[O-])CC(O)C(NC(=O)CO)C([C@@H](O)[C@H](O)CNC(=O)Cc2ccc(-c3ccccc3)cc2)O1.[Na+]. The van der Waals surface area contributed by atoms with Gasteiger partial charge in [-0.1, -0.05) is 60.7 Å². The molecule has 6 N–H and O–H groups in total. The minimum absolute atomic E-state index is 0. The van der Waals surface area contributed by atoms with Crippen LogP contribution >= 0.6 is 0 Å². The van der Waals surface area contributed by atoms with Crippen LogP contribution in [0.5, 0.6) is 0 Å². The summed E-state index contributed by atoms with van der Waals surface area (Å²) in [6, 6.07) is 15.6. The van der Waals surface area contributed by atoms with Crippen LogP contribution in [0, 0.1) is 0 Å². The van der Waals surface area contributed by atoms with Crippen molar-refractivity contribution in [1.82, 2.24) is 10.6 Å². The average molecular weight is 581 g/mol. The van der Waals surface area contributed by atoms with Gasteiger partial charge in [0.15, 0.2) is 0 Å². The van der Waals surface area contributed by atoms with Crippen molar-refractivity contribution >= 4 is 17.8 Å². The van der Waals surface area contributed by atoms with Gasteiger partial charge in [-0.2, -0.15) is 0 Å². The molecule has 0 aliphatic carbocycles. The molecule has 3 rings (SSSR count). The number of hydrogen-bond donors (Lipinski definition) is 6. The molecule has 1 aliphatic heterocycles. The fourth-order valence-electron chi connectivity index (χ4n) is 4.38. The molecule has 1 aliphatic rings. The van der Waals surface area contributed by atoms with Crippen LogP contribution in [0.3, 0.4) is 0 Å². The maximum atomic E-state index is 12.5. The molecule has 0 spiro atoms. The van der Waals surface area contributed by atoms with Crippen LogP contribution in [0.25, 0.3) is 11.1 Å². The summed E-state index contributed by atoms with van der Waals surface area (Å²) in [5, 5.41) is 57.8. The first-order valence-corrected chi connectivity index (χ1v) is 12.6. The summed E-state index contributed by atoms with van der Waals surface area (Å²) in [7, 11) is 0. The number of carboxylic acids is 1. The number of aliphatic hydroxyl groups excluding tert-OH is 4. The molecule has 4 unspecified atom stereocenters. The van der Waals surface area contributed by atoms with Gasteiger partial charge in [-0.3, -0.25) is 9.59 Å². The minimum Gasteiger partial charge on any atom is -0.544 e. The van der Waals surface area contributed by atoms with Crippen LogP contribution in [-0.4, -0.2) is 94.2 Å². The summed E-state index contributed by atoms with van der Waals surface area (Å²) in [5.74, 6) is -5.81. The van der Waals surface area contributed by atoms with E-state index < -0.39 is 73.6 Å². The quantitative estimate of drug-likeness (QED) is 0.0986. The molecule has 0 bridgehead atoms. The topological polar surface area (TPSA) is 198 Å². The van der Waals surface area contributed by atoms with Gasteiger partial charge >= 0.3 is 29.6 Å². The molecule has 2 amide bonds. The van der Waals surface area contributed by atoms with Gasteiger partial charge in [-0.05, 0) is 16.7 Å². The van der Waals surface area contributed by atoms with Crippen LogP contribution in [0.4, 0.5) is 0 Å². The average Bonchev–Trinajstić information content (AvgIpc) is 2.96. The Labute approximate surface area is 259 Å². The summed E-state index contributed by atoms with van der Waals surface area (Å²) >= 11 is 0. The van der Waals surface area contributed by atoms with E-state index in [2.05, 4.69) is 17.2 Å². The molecule has 216 valence electrons. The number of carbonyl (C=O) groups is 3. The summed E-state index contributed by atoms with van der Waals surface area (Å²) in [6.07, 6.45) is -6.51. The van der Waals surface area contributed by atoms with Crippen LogP contribution in [0.1, 0.15) is 12.0 Å². The monoisotopic (exact) mass is 580 g/mol. The maximum Gasteiger partial charge on any atom is 1.00 e. The van der Waals surface area contributed by atoms with Gasteiger partial charge in [0, 0.05) is 13.0 Å². The standard InChI is InChI=1S/C28H34N2O10.Na/c1-2-12-39-28(27(37)38)14-20(32)24(30-23(35)16-31)26(40-28)25(36)21(33)15-29-22(34)13-17-8-10-19(11-9-17)18-6-4-3-5-7-18;/h2-11,20-21,24-26,31-33,36H,1,12-16H2,(H,29,34)(H,30,35)(H,37,38);/q;+1/p-1/t20?,21-,24?,25+,26?,28?;/m1./s1. The van der Waals surface area contributed by atoms with Crippen molar-refractivity contribution in [2.24, 2.45) is 0 Å². The largest absolute Gasteiger partial charge is 1.00 e. The first-order valence-electron chi connectivity index (χ1n) is 12.6. The van der Waals surface area contributed by atoms with Crippen LogP contribution in [-0.2, 0) is 30.3 Å². The van der Waals surface area contributed by atoms with Gasteiger partial charge < -0.3 is 50.4 Å². The molecule has 0 saturated carbocycles.